The summed E-state index contributed by atoms with van der Waals surface area (Å²) >= 11 is 0. The fourth-order valence-corrected chi connectivity index (χ4v) is 1.42. The number of benzene rings is 1. The van der Waals surface area contributed by atoms with E-state index in [-0.39, 0.29) is 17.1 Å². The highest BCUT2D eigenvalue weighted by atomic mass is 19.1. The number of hydrogen-bond acceptors (Lipinski definition) is 1. The van der Waals surface area contributed by atoms with Crippen LogP contribution in [0.1, 0.15) is 43.1 Å². The number of hydrogen-bond donors (Lipinski definition) is 1. The third-order valence-corrected chi connectivity index (χ3v) is 3.12. The van der Waals surface area contributed by atoms with Gasteiger partial charge in [0, 0.05) is 12.1 Å². The highest BCUT2D eigenvalue weighted by molar-refractivity contribution is 5.95. The molecule has 1 N–H and O–H groups in total. The molecule has 0 atom stereocenters. The molecule has 1 aromatic rings. The second-order valence-electron chi connectivity index (χ2n) is 5.16. The molecule has 0 aliphatic heterocycles. The molecule has 2 nitrogen and oxygen atoms in total. The Balaban J connectivity index is 2.71. The fraction of sp³-hybridized carbons (Fsp3) is 0.500. The molecule has 0 aliphatic carbocycles. The molecule has 3 heteroatoms. The van der Waals surface area contributed by atoms with Crippen LogP contribution in [0.2, 0.25) is 0 Å². The summed E-state index contributed by atoms with van der Waals surface area (Å²) in [5.41, 5.74) is 1.29. The number of carbonyl (C=O) groups excluding carboxylic acids is 1. The largest absolute Gasteiger partial charge is 0.351 e. The van der Waals surface area contributed by atoms with Crippen LogP contribution in [0.5, 0.6) is 0 Å². The molecule has 1 rings (SSSR count). The molecule has 0 radical (unpaired) electrons. The van der Waals surface area contributed by atoms with E-state index in [2.05, 4.69) is 26.1 Å². The summed E-state index contributed by atoms with van der Waals surface area (Å²) < 4.78 is 12.9. The first-order valence-electron chi connectivity index (χ1n) is 5.90. The minimum atomic E-state index is -0.312. The number of rotatable bonds is 4. The summed E-state index contributed by atoms with van der Waals surface area (Å²) in [4.78, 5) is 11.9. The van der Waals surface area contributed by atoms with Crippen molar-refractivity contribution in [1.82, 2.24) is 5.32 Å². The van der Waals surface area contributed by atoms with E-state index in [9.17, 15) is 9.18 Å². The van der Waals surface area contributed by atoms with Crippen molar-refractivity contribution in [1.29, 1.82) is 0 Å². The molecule has 0 heterocycles. The van der Waals surface area contributed by atoms with Gasteiger partial charge in [-0.05, 0) is 42.5 Å². The van der Waals surface area contributed by atoms with Crippen LogP contribution in [-0.4, -0.2) is 12.5 Å². The van der Waals surface area contributed by atoms with Gasteiger partial charge < -0.3 is 5.32 Å². The molecule has 0 saturated heterocycles. The van der Waals surface area contributed by atoms with Crippen LogP contribution >= 0.6 is 0 Å². The summed E-state index contributed by atoms with van der Waals surface area (Å²) in [5.74, 6) is -0.447. The lowest BCUT2D eigenvalue weighted by Crippen LogP contribution is -2.33. The second kappa shape index (κ2) is 5.30. The maximum atomic E-state index is 12.9. The average molecular weight is 237 g/mol. The van der Waals surface area contributed by atoms with E-state index in [0.29, 0.717) is 17.7 Å². The van der Waals surface area contributed by atoms with Crippen molar-refractivity contribution in [3.8, 4) is 0 Å². The van der Waals surface area contributed by atoms with E-state index < -0.39 is 0 Å². The molecule has 1 aromatic carbocycles. The Kier molecular flexibility index (Phi) is 4.27. The maximum Gasteiger partial charge on any atom is 0.251 e. The van der Waals surface area contributed by atoms with E-state index >= 15 is 0 Å². The van der Waals surface area contributed by atoms with Crippen molar-refractivity contribution < 1.29 is 9.18 Å². The van der Waals surface area contributed by atoms with Crippen LogP contribution in [0.4, 0.5) is 4.39 Å². The van der Waals surface area contributed by atoms with Gasteiger partial charge in [-0.3, -0.25) is 4.79 Å². The zero-order valence-electron chi connectivity index (χ0n) is 10.9. The van der Waals surface area contributed by atoms with E-state index in [1.807, 2.05) is 0 Å². The van der Waals surface area contributed by atoms with E-state index in [1.54, 1.807) is 6.92 Å². The first-order chi connectivity index (χ1) is 7.85. The smallest absolute Gasteiger partial charge is 0.251 e. The minimum Gasteiger partial charge on any atom is -0.351 e. The van der Waals surface area contributed by atoms with Crippen molar-refractivity contribution in [2.75, 3.05) is 6.54 Å². The summed E-state index contributed by atoms with van der Waals surface area (Å²) in [6, 6.07) is 4.21. The van der Waals surface area contributed by atoms with Crippen LogP contribution in [0.3, 0.4) is 0 Å². The predicted molar refractivity (Wildman–Crippen MR) is 67.5 cm³/mol. The quantitative estimate of drug-likeness (QED) is 0.855. The van der Waals surface area contributed by atoms with Gasteiger partial charge in [0.1, 0.15) is 5.82 Å². The topological polar surface area (TPSA) is 29.1 Å². The fourth-order valence-electron chi connectivity index (χ4n) is 1.42. The molecule has 1 amide bonds. The molecule has 0 aromatic heterocycles. The zero-order valence-corrected chi connectivity index (χ0v) is 10.9. The van der Waals surface area contributed by atoms with Crippen LogP contribution in [0, 0.1) is 18.2 Å². The molecule has 94 valence electrons. The van der Waals surface area contributed by atoms with Crippen molar-refractivity contribution >= 4 is 5.91 Å². The van der Waals surface area contributed by atoms with Gasteiger partial charge in [-0.15, -0.1) is 0 Å². The molecule has 0 bridgehead atoms. The average Bonchev–Trinajstić information content (AvgIpc) is 2.26. The van der Waals surface area contributed by atoms with Gasteiger partial charge in [-0.2, -0.15) is 0 Å². The molecule has 17 heavy (non-hydrogen) atoms. The van der Waals surface area contributed by atoms with Gasteiger partial charge in [0.05, 0.1) is 0 Å². The van der Waals surface area contributed by atoms with Crippen LogP contribution < -0.4 is 5.32 Å². The lowest BCUT2D eigenvalue weighted by atomic mass is 9.90. The highest BCUT2D eigenvalue weighted by Crippen LogP contribution is 2.18. The zero-order chi connectivity index (χ0) is 13.1. The number of amides is 1. The highest BCUT2D eigenvalue weighted by Gasteiger charge is 2.17. The molecule has 0 spiro atoms. The van der Waals surface area contributed by atoms with Gasteiger partial charge in [-0.1, -0.05) is 20.8 Å². The van der Waals surface area contributed by atoms with Gasteiger partial charge in [0.15, 0.2) is 0 Å². The summed E-state index contributed by atoms with van der Waals surface area (Å²) in [6.07, 6.45) is 0.996. The monoisotopic (exact) mass is 237 g/mol. The maximum absolute atomic E-state index is 12.9. The van der Waals surface area contributed by atoms with Crippen molar-refractivity contribution in [3.05, 3.63) is 35.1 Å². The van der Waals surface area contributed by atoms with E-state index in [4.69, 9.17) is 0 Å². The first-order valence-corrected chi connectivity index (χ1v) is 5.90. The first kappa shape index (κ1) is 13.7. The van der Waals surface area contributed by atoms with Gasteiger partial charge in [0.25, 0.3) is 5.91 Å². The SMILES string of the molecule is CCC(C)(C)CNC(=O)c1ccc(F)cc1C. The lowest BCUT2D eigenvalue weighted by molar-refractivity contribution is 0.0935. The molecule has 0 fully saturated rings. The Labute approximate surface area is 102 Å². The normalized spacial score (nSPS) is 11.4. The van der Waals surface area contributed by atoms with Gasteiger partial charge >= 0.3 is 0 Å². The van der Waals surface area contributed by atoms with Crippen molar-refractivity contribution in [3.63, 3.8) is 0 Å². The Hall–Kier alpha value is -1.38. The van der Waals surface area contributed by atoms with E-state index in [1.165, 1.54) is 18.2 Å². The van der Waals surface area contributed by atoms with Crippen molar-refractivity contribution in [2.24, 2.45) is 5.41 Å². The molecule has 0 saturated carbocycles. The Morgan fingerprint density at radius 1 is 1.41 bits per heavy atom. The summed E-state index contributed by atoms with van der Waals surface area (Å²) in [6.45, 7) is 8.66. The molecule has 0 unspecified atom stereocenters. The van der Waals surface area contributed by atoms with Crippen molar-refractivity contribution in [2.45, 2.75) is 34.1 Å². The third-order valence-electron chi connectivity index (χ3n) is 3.12. The lowest BCUT2D eigenvalue weighted by Gasteiger charge is -2.23. The summed E-state index contributed by atoms with van der Waals surface area (Å²) in [5, 5.41) is 2.89. The molecular weight excluding hydrogens is 217 g/mol. The van der Waals surface area contributed by atoms with Crippen LogP contribution in [0.25, 0.3) is 0 Å². The standard InChI is InChI=1S/C14H20FNO/c1-5-14(3,4)9-16-13(17)12-7-6-11(15)8-10(12)2/h6-8H,5,9H2,1-4H3,(H,16,17). The van der Waals surface area contributed by atoms with E-state index in [0.717, 1.165) is 6.42 Å². The number of carbonyl (C=O) groups is 1. The Bertz CT molecular complexity index is 413. The molecular formula is C14H20FNO. The Morgan fingerprint density at radius 3 is 2.59 bits per heavy atom. The minimum absolute atomic E-state index is 0.0869. The molecule has 0 aliphatic rings. The third kappa shape index (κ3) is 3.84. The predicted octanol–water partition coefficient (Wildman–Crippen LogP) is 3.30. The van der Waals surface area contributed by atoms with Crippen LogP contribution in [-0.2, 0) is 0 Å². The number of aryl methyl sites for hydroxylation is 1. The van der Waals surface area contributed by atoms with Crippen LogP contribution in [0.15, 0.2) is 18.2 Å². The van der Waals surface area contributed by atoms with Gasteiger partial charge in [-0.25, -0.2) is 4.39 Å². The van der Waals surface area contributed by atoms with Gasteiger partial charge in [0.2, 0.25) is 0 Å². The number of nitrogens with one attached hydrogen (secondary N) is 1. The Morgan fingerprint density at radius 2 is 2.06 bits per heavy atom. The second-order valence-corrected chi connectivity index (χ2v) is 5.16. The number of halogens is 1. The summed E-state index contributed by atoms with van der Waals surface area (Å²) in [7, 11) is 0.